The molecule has 0 aliphatic heterocycles. The minimum atomic E-state index is 0.0137. The Hall–Kier alpha value is -1.85. The number of ether oxygens (including phenoxy) is 1. The van der Waals surface area contributed by atoms with Crippen LogP contribution in [0.1, 0.15) is 23.6 Å². The molecule has 5 heteroatoms. The maximum Gasteiger partial charge on any atom is 0.118 e. The Morgan fingerprint density at radius 2 is 2.05 bits per heavy atom. The fourth-order valence-electron chi connectivity index (χ4n) is 2.61. The van der Waals surface area contributed by atoms with Gasteiger partial charge in [0.1, 0.15) is 5.75 Å². The zero-order valence-corrected chi connectivity index (χ0v) is 13.6. The third-order valence-corrected chi connectivity index (χ3v) is 3.94. The number of aromatic nitrogens is 2. The number of nitrogens with zero attached hydrogens (tertiary/aromatic N) is 3. The van der Waals surface area contributed by atoms with Crippen LogP contribution in [0.4, 0.5) is 0 Å². The molecule has 0 fully saturated rings. The highest BCUT2D eigenvalue weighted by Crippen LogP contribution is 2.22. The van der Waals surface area contributed by atoms with Crippen LogP contribution in [0.3, 0.4) is 0 Å². The molecular weight excluding hydrogens is 278 g/mol. The minimum Gasteiger partial charge on any atom is -0.497 e. The van der Waals surface area contributed by atoms with Crippen molar-refractivity contribution in [1.29, 1.82) is 0 Å². The number of likely N-dealkylation sites (N-methyl/N-ethyl adjacent to an activating group) is 1. The van der Waals surface area contributed by atoms with E-state index in [2.05, 4.69) is 10.00 Å². The monoisotopic (exact) mass is 303 g/mol. The van der Waals surface area contributed by atoms with Crippen molar-refractivity contribution in [2.24, 2.45) is 7.05 Å². The summed E-state index contributed by atoms with van der Waals surface area (Å²) in [4.78, 5) is 2.19. The highest BCUT2D eigenvalue weighted by Gasteiger charge is 2.15. The van der Waals surface area contributed by atoms with Crippen molar-refractivity contribution in [2.45, 2.75) is 18.9 Å². The zero-order chi connectivity index (χ0) is 15.9. The molecule has 22 heavy (non-hydrogen) atoms. The van der Waals surface area contributed by atoms with Crippen molar-refractivity contribution in [3.8, 4) is 5.75 Å². The molecule has 0 saturated carbocycles. The molecule has 0 amide bonds. The maximum absolute atomic E-state index is 9.71. The summed E-state index contributed by atoms with van der Waals surface area (Å²) < 4.78 is 7.00. The summed E-state index contributed by atoms with van der Waals surface area (Å²) in [5.41, 5.74) is 2.35. The van der Waals surface area contributed by atoms with E-state index in [1.165, 1.54) is 5.56 Å². The van der Waals surface area contributed by atoms with Crippen LogP contribution in [0.5, 0.6) is 5.75 Å². The quantitative estimate of drug-likeness (QED) is 0.810. The lowest BCUT2D eigenvalue weighted by Gasteiger charge is -2.27. The Balaban J connectivity index is 1.88. The number of hydrogen-bond donors (Lipinski definition) is 1. The second-order valence-electron chi connectivity index (χ2n) is 5.58. The van der Waals surface area contributed by atoms with Crippen LogP contribution >= 0.6 is 0 Å². The molecule has 2 rings (SSSR count). The van der Waals surface area contributed by atoms with E-state index < -0.39 is 0 Å². The lowest BCUT2D eigenvalue weighted by Crippen LogP contribution is -2.28. The summed E-state index contributed by atoms with van der Waals surface area (Å²) in [5, 5.41) is 13.9. The van der Waals surface area contributed by atoms with E-state index in [-0.39, 0.29) is 12.6 Å². The van der Waals surface area contributed by atoms with Crippen LogP contribution < -0.4 is 4.74 Å². The zero-order valence-electron chi connectivity index (χ0n) is 13.6. The smallest absolute Gasteiger partial charge is 0.118 e. The molecule has 0 aliphatic rings. The van der Waals surface area contributed by atoms with Gasteiger partial charge in [-0.2, -0.15) is 5.10 Å². The summed E-state index contributed by atoms with van der Waals surface area (Å²) >= 11 is 0. The predicted octanol–water partition coefficient (Wildman–Crippen LogP) is 2.03. The Bertz CT molecular complexity index is 566. The van der Waals surface area contributed by atoms with Crippen molar-refractivity contribution in [3.63, 3.8) is 0 Å². The van der Waals surface area contributed by atoms with Crippen molar-refractivity contribution in [3.05, 3.63) is 47.8 Å². The molecule has 0 saturated heterocycles. The van der Waals surface area contributed by atoms with Crippen LogP contribution in [-0.2, 0) is 13.5 Å². The Kier molecular flexibility index (Phi) is 5.98. The normalized spacial score (nSPS) is 12.6. The molecule has 0 aliphatic carbocycles. The number of aryl methyl sites for hydroxylation is 2. The molecule has 0 bridgehead atoms. The predicted molar refractivity (Wildman–Crippen MR) is 87.0 cm³/mol. The maximum atomic E-state index is 9.71. The summed E-state index contributed by atoms with van der Waals surface area (Å²) in [6.07, 6.45) is 5.99. The van der Waals surface area contributed by atoms with Crippen LogP contribution in [-0.4, -0.2) is 47.1 Å². The molecule has 1 N–H and O–H groups in total. The molecular formula is C17H25N3O2. The van der Waals surface area contributed by atoms with E-state index in [4.69, 9.17) is 4.74 Å². The first kappa shape index (κ1) is 16.5. The van der Waals surface area contributed by atoms with Gasteiger partial charge in [0.15, 0.2) is 0 Å². The number of methoxy groups -OCH3 is 1. The molecule has 0 radical (unpaired) electrons. The van der Waals surface area contributed by atoms with Gasteiger partial charge >= 0.3 is 0 Å². The summed E-state index contributed by atoms with van der Waals surface area (Å²) in [5.74, 6) is 0.833. The van der Waals surface area contributed by atoms with Crippen molar-refractivity contribution < 1.29 is 9.84 Å². The first-order valence-corrected chi connectivity index (χ1v) is 7.56. The second-order valence-corrected chi connectivity index (χ2v) is 5.58. The summed E-state index contributed by atoms with van der Waals surface area (Å²) in [6, 6.07) is 7.90. The molecule has 1 heterocycles. The van der Waals surface area contributed by atoms with E-state index in [1.807, 2.05) is 55.4 Å². The number of aliphatic hydroxyl groups excluding tert-OH is 1. The van der Waals surface area contributed by atoms with Crippen LogP contribution in [0, 0.1) is 0 Å². The van der Waals surface area contributed by atoms with Gasteiger partial charge in [-0.1, -0.05) is 12.1 Å². The molecule has 1 unspecified atom stereocenters. The van der Waals surface area contributed by atoms with Crippen LogP contribution in [0.2, 0.25) is 0 Å². The third kappa shape index (κ3) is 4.32. The van der Waals surface area contributed by atoms with Gasteiger partial charge in [0.25, 0.3) is 0 Å². The van der Waals surface area contributed by atoms with Gasteiger partial charge in [0.2, 0.25) is 0 Å². The lowest BCUT2D eigenvalue weighted by molar-refractivity contribution is 0.147. The Labute approximate surface area is 132 Å². The van der Waals surface area contributed by atoms with Gasteiger partial charge in [-0.15, -0.1) is 0 Å². The summed E-state index contributed by atoms with van der Waals surface area (Å²) in [6.45, 7) is 1.03. The molecule has 1 aromatic heterocycles. The first-order chi connectivity index (χ1) is 10.6. The van der Waals surface area contributed by atoms with E-state index >= 15 is 0 Å². The summed E-state index contributed by atoms with van der Waals surface area (Å²) in [7, 11) is 5.64. The average Bonchev–Trinajstić information content (AvgIpc) is 2.94. The number of benzene rings is 1. The average molecular weight is 303 g/mol. The van der Waals surface area contributed by atoms with E-state index in [0.29, 0.717) is 0 Å². The Morgan fingerprint density at radius 3 is 2.59 bits per heavy atom. The van der Waals surface area contributed by atoms with Gasteiger partial charge in [-0.25, -0.2) is 0 Å². The van der Waals surface area contributed by atoms with Crippen molar-refractivity contribution in [1.82, 2.24) is 14.7 Å². The van der Waals surface area contributed by atoms with E-state index in [9.17, 15) is 5.11 Å². The second kappa shape index (κ2) is 7.96. The third-order valence-electron chi connectivity index (χ3n) is 3.94. The molecule has 1 aromatic carbocycles. The molecule has 120 valence electrons. The number of aliphatic hydroxyl groups is 1. The first-order valence-electron chi connectivity index (χ1n) is 7.56. The minimum absolute atomic E-state index is 0.0137. The Morgan fingerprint density at radius 1 is 1.32 bits per heavy atom. The molecule has 2 aromatic rings. The van der Waals surface area contributed by atoms with Crippen molar-refractivity contribution in [2.75, 3.05) is 27.3 Å². The van der Waals surface area contributed by atoms with Gasteiger partial charge in [-0.3, -0.25) is 9.58 Å². The molecule has 0 spiro atoms. The number of rotatable bonds is 8. The fourth-order valence-corrected chi connectivity index (χ4v) is 2.61. The standard InChI is InChI=1S/C17H25N3O2/c1-19(10-4-5-14-11-18-20(2)12-14)17(13-21)15-6-8-16(22-3)9-7-15/h6-9,11-12,17,21H,4-5,10,13H2,1-3H3. The highest BCUT2D eigenvalue weighted by molar-refractivity contribution is 5.29. The van der Waals surface area contributed by atoms with Crippen LogP contribution in [0.25, 0.3) is 0 Å². The largest absolute Gasteiger partial charge is 0.497 e. The van der Waals surface area contributed by atoms with Gasteiger partial charge < -0.3 is 9.84 Å². The van der Waals surface area contributed by atoms with Crippen molar-refractivity contribution >= 4 is 0 Å². The van der Waals surface area contributed by atoms with Crippen LogP contribution in [0.15, 0.2) is 36.7 Å². The fraction of sp³-hybridized carbons (Fsp3) is 0.471. The lowest BCUT2D eigenvalue weighted by atomic mass is 10.1. The molecule has 1 atom stereocenters. The topological polar surface area (TPSA) is 50.5 Å². The molecule has 5 nitrogen and oxygen atoms in total. The van der Waals surface area contributed by atoms with Gasteiger partial charge in [0, 0.05) is 13.2 Å². The van der Waals surface area contributed by atoms with E-state index in [0.717, 1.165) is 30.7 Å². The van der Waals surface area contributed by atoms with Gasteiger partial charge in [0.05, 0.1) is 26.0 Å². The number of hydrogen-bond acceptors (Lipinski definition) is 4. The highest BCUT2D eigenvalue weighted by atomic mass is 16.5. The van der Waals surface area contributed by atoms with Gasteiger partial charge in [-0.05, 0) is 49.7 Å². The van der Waals surface area contributed by atoms with E-state index in [1.54, 1.807) is 7.11 Å². The SMILES string of the molecule is COc1ccc(C(CO)N(C)CCCc2cnn(C)c2)cc1.